The van der Waals surface area contributed by atoms with E-state index in [0.717, 1.165) is 12.1 Å². The zero-order valence-electron chi connectivity index (χ0n) is 17.9. The Morgan fingerprint density at radius 2 is 1.63 bits per heavy atom. The molecule has 0 saturated carbocycles. The normalized spacial score (nSPS) is 19.5. The minimum absolute atomic E-state index is 0.0345. The predicted octanol–water partition coefficient (Wildman–Crippen LogP) is 4.20. The summed E-state index contributed by atoms with van der Waals surface area (Å²) in [6.07, 6.45) is -4.56. The van der Waals surface area contributed by atoms with Crippen molar-refractivity contribution in [1.29, 1.82) is 0 Å². The summed E-state index contributed by atoms with van der Waals surface area (Å²) in [5.74, 6) is -1.78. The van der Waals surface area contributed by atoms with Crippen LogP contribution >= 0.6 is 0 Å². The highest BCUT2D eigenvalue weighted by Crippen LogP contribution is 2.38. The SMILES string of the molecule is O=C1NC(=O)[C@@](CN2Cc3ccc(F)cc3C2=O)(c2ccc(-c3ccccc3C(F)(F)F)cc2)N1. The molecule has 2 aliphatic rings. The molecule has 0 aromatic heterocycles. The number of fused-ring (bicyclic) bond motifs is 1. The number of benzene rings is 3. The molecule has 1 atom stereocenters. The number of carbonyl (C=O) groups excluding carboxylic acids is 3. The van der Waals surface area contributed by atoms with Crippen molar-refractivity contribution in [3.05, 3.63) is 94.8 Å². The summed E-state index contributed by atoms with van der Waals surface area (Å²) >= 11 is 0. The largest absolute Gasteiger partial charge is 0.417 e. The van der Waals surface area contributed by atoms with E-state index in [4.69, 9.17) is 0 Å². The molecule has 10 heteroatoms. The lowest BCUT2D eigenvalue weighted by Crippen LogP contribution is -2.52. The van der Waals surface area contributed by atoms with Crippen LogP contribution in [0, 0.1) is 5.82 Å². The number of nitrogens with one attached hydrogen (secondary N) is 2. The highest BCUT2D eigenvalue weighted by Gasteiger charge is 2.50. The number of alkyl halides is 3. The van der Waals surface area contributed by atoms with Gasteiger partial charge in [0.15, 0.2) is 5.54 Å². The van der Waals surface area contributed by atoms with E-state index in [-0.39, 0.29) is 35.3 Å². The quantitative estimate of drug-likeness (QED) is 0.431. The van der Waals surface area contributed by atoms with E-state index in [1.54, 1.807) is 0 Å². The molecule has 5 rings (SSSR count). The van der Waals surface area contributed by atoms with E-state index in [1.165, 1.54) is 59.5 Å². The molecule has 0 bridgehead atoms. The smallest absolute Gasteiger partial charge is 0.331 e. The lowest BCUT2D eigenvalue weighted by molar-refractivity contribution is -0.137. The number of carbonyl (C=O) groups is 3. The minimum atomic E-state index is -4.56. The zero-order valence-corrected chi connectivity index (χ0v) is 17.9. The average Bonchev–Trinajstić information content (AvgIpc) is 3.28. The van der Waals surface area contributed by atoms with Crippen LogP contribution in [0.3, 0.4) is 0 Å². The molecule has 2 aliphatic heterocycles. The van der Waals surface area contributed by atoms with Gasteiger partial charge >= 0.3 is 12.2 Å². The van der Waals surface area contributed by atoms with Gasteiger partial charge in [0.25, 0.3) is 11.8 Å². The van der Waals surface area contributed by atoms with E-state index >= 15 is 0 Å². The fourth-order valence-corrected chi connectivity index (χ4v) is 4.56. The van der Waals surface area contributed by atoms with Crippen molar-refractivity contribution in [2.75, 3.05) is 6.54 Å². The Morgan fingerprint density at radius 3 is 2.29 bits per heavy atom. The van der Waals surface area contributed by atoms with E-state index in [9.17, 15) is 31.9 Å². The standard InChI is InChI=1S/C25H17F4N3O3/c26-17-10-7-15-12-32(21(33)19(15)11-17)13-24(22(34)30-23(35)31-24)16-8-5-14(6-9-16)18-3-1-2-4-20(18)25(27,28)29/h1-11H,12-13H2,(H2,30,31,34,35)/t24-/m1/s1. The highest BCUT2D eigenvalue weighted by molar-refractivity contribution is 6.08. The van der Waals surface area contributed by atoms with Gasteiger partial charge < -0.3 is 10.2 Å². The molecule has 2 N–H and O–H groups in total. The van der Waals surface area contributed by atoms with Crippen LogP contribution in [0.4, 0.5) is 22.4 Å². The molecular weight excluding hydrogens is 466 g/mol. The lowest BCUT2D eigenvalue weighted by Gasteiger charge is -2.31. The van der Waals surface area contributed by atoms with E-state index in [2.05, 4.69) is 10.6 Å². The summed E-state index contributed by atoms with van der Waals surface area (Å²) in [6.45, 7) is -0.144. The number of amides is 4. The maximum atomic E-state index is 13.6. The molecule has 3 aromatic carbocycles. The Morgan fingerprint density at radius 1 is 0.914 bits per heavy atom. The molecule has 6 nitrogen and oxygen atoms in total. The molecule has 0 radical (unpaired) electrons. The number of imide groups is 1. The van der Waals surface area contributed by atoms with Crippen LogP contribution in [-0.2, 0) is 23.1 Å². The lowest BCUT2D eigenvalue weighted by atomic mass is 9.87. The Hall–Kier alpha value is -4.21. The van der Waals surface area contributed by atoms with Gasteiger partial charge in [-0.1, -0.05) is 48.5 Å². The molecular formula is C25H17F4N3O3. The first-order valence-electron chi connectivity index (χ1n) is 10.6. The first kappa shape index (κ1) is 22.6. The van der Waals surface area contributed by atoms with Crippen LogP contribution in [0.25, 0.3) is 11.1 Å². The van der Waals surface area contributed by atoms with E-state index < -0.39 is 40.9 Å². The zero-order chi connectivity index (χ0) is 25.0. The van der Waals surface area contributed by atoms with Crippen LogP contribution in [0.1, 0.15) is 27.0 Å². The molecule has 35 heavy (non-hydrogen) atoms. The number of halogens is 4. The summed E-state index contributed by atoms with van der Waals surface area (Å²) in [5, 5.41) is 4.73. The topological polar surface area (TPSA) is 78.5 Å². The molecule has 1 fully saturated rings. The second-order valence-electron chi connectivity index (χ2n) is 8.40. The average molecular weight is 483 g/mol. The van der Waals surface area contributed by atoms with Crippen LogP contribution < -0.4 is 10.6 Å². The fraction of sp³-hybridized carbons (Fsp3) is 0.160. The van der Waals surface area contributed by atoms with Crippen molar-refractivity contribution in [3.8, 4) is 11.1 Å². The second kappa shape index (κ2) is 7.93. The third kappa shape index (κ3) is 3.80. The molecule has 3 aromatic rings. The number of urea groups is 1. The summed E-state index contributed by atoms with van der Waals surface area (Å²) in [6, 6.07) is 13.9. The summed E-state index contributed by atoms with van der Waals surface area (Å²) in [4.78, 5) is 39.2. The molecule has 0 spiro atoms. The first-order chi connectivity index (χ1) is 16.6. The third-order valence-electron chi connectivity index (χ3n) is 6.24. The van der Waals surface area contributed by atoms with Crippen molar-refractivity contribution in [2.24, 2.45) is 0 Å². The Kier molecular flexibility index (Phi) is 5.12. The van der Waals surface area contributed by atoms with Gasteiger partial charge in [-0.15, -0.1) is 0 Å². The summed E-state index contributed by atoms with van der Waals surface area (Å²) < 4.78 is 54.0. The second-order valence-corrected chi connectivity index (χ2v) is 8.40. The van der Waals surface area contributed by atoms with E-state index in [1.807, 2.05) is 0 Å². The monoisotopic (exact) mass is 483 g/mol. The summed E-state index contributed by atoms with van der Waals surface area (Å²) in [7, 11) is 0. The predicted molar refractivity (Wildman–Crippen MR) is 116 cm³/mol. The van der Waals surface area contributed by atoms with E-state index in [0.29, 0.717) is 5.56 Å². The van der Waals surface area contributed by atoms with Crippen molar-refractivity contribution in [3.63, 3.8) is 0 Å². The van der Waals surface area contributed by atoms with Crippen molar-refractivity contribution in [2.45, 2.75) is 18.3 Å². The van der Waals surface area contributed by atoms with Crippen molar-refractivity contribution >= 4 is 17.8 Å². The minimum Gasteiger partial charge on any atom is -0.331 e. The van der Waals surface area contributed by atoms with Crippen molar-refractivity contribution < 1.29 is 31.9 Å². The van der Waals surface area contributed by atoms with Crippen LogP contribution in [0.2, 0.25) is 0 Å². The van der Waals surface area contributed by atoms with Gasteiger partial charge in [-0.25, -0.2) is 9.18 Å². The number of rotatable bonds is 4. The van der Waals surface area contributed by atoms with Crippen molar-refractivity contribution in [1.82, 2.24) is 15.5 Å². The Bertz CT molecular complexity index is 1370. The number of hydrogen-bond donors (Lipinski definition) is 2. The van der Waals surface area contributed by atoms with Crippen LogP contribution in [0.15, 0.2) is 66.7 Å². The fourth-order valence-electron chi connectivity index (χ4n) is 4.56. The maximum absolute atomic E-state index is 13.6. The molecule has 2 heterocycles. The number of hydrogen-bond acceptors (Lipinski definition) is 3. The van der Waals surface area contributed by atoms with Gasteiger partial charge in [0.1, 0.15) is 5.82 Å². The van der Waals surface area contributed by atoms with Gasteiger partial charge in [0.2, 0.25) is 0 Å². The van der Waals surface area contributed by atoms with Gasteiger partial charge in [-0.05, 0) is 40.5 Å². The van der Waals surface area contributed by atoms with Gasteiger partial charge in [-0.2, -0.15) is 13.2 Å². The Balaban J connectivity index is 1.51. The van der Waals surface area contributed by atoms with Gasteiger partial charge in [0, 0.05) is 12.1 Å². The maximum Gasteiger partial charge on any atom is 0.417 e. The molecule has 1 saturated heterocycles. The first-order valence-corrected chi connectivity index (χ1v) is 10.6. The highest BCUT2D eigenvalue weighted by atomic mass is 19.4. The van der Waals surface area contributed by atoms with Crippen LogP contribution in [-0.4, -0.2) is 29.3 Å². The third-order valence-corrected chi connectivity index (χ3v) is 6.24. The van der Waals surface area contributed by atoms with Gasteiger partial charge in [-0.3, -0.25) is 14.9 Å². The van der Waals surface area contributed by atoms with Gasteiger partial charge in [0.05, 0.1) is 12.1 Å². The molecule has 4 amide bonds. The summed E-state index contributed by atoms with van der Waals surface area (Å²) in [5.41, 5.74) is -1.21. The molecule has 178 valence electrons. The molecule has 0 unspecified atom stereocenters. The number of nitrogens with zero attached hydrogens (tertiary/aromatic N) is 1. The Labute approximate surface area is 196 Å². The van der Waals surface area contributed by atoms with Crippen LogP contribution in [0.5, 0.6) is 0 Å². The molecule has 0 aliphatic carbocycles.